The summed E-state index contributed by atoms with van der Waals surface area (Å²) in [4.78, 5) is 13.2. The number of amides is 1. The van der Waals surface area contributed by atoms with Gasteiger partial charge in [-0.15, -0.1) is 11.3 Å². The zero-order valence-electron chi connectivity index (χ0n) is 12.0. The Morgan fingerprint density at radius 2 is 2.15 bits per heavy atom. The Morgan fingerprint density at radius 3 is 2.85 bits per heavy atom. The molecule has 1 aliphatic carbocycles. The van der Waals surface area contributed by atoms with Crippen LogP contribution in [0.25, 0.3) is 0 Å². The molecule has 3 nitrogen and oxygen atoms in total. The van der Waals surface area contributed by atoms with Crippen LogP contribution in [0.1, 0.15) is 43.4 Å². The Morgan fingerprint density at radius 1 is 1.35 bits per heavy atom. The normalized spacial score (nSPS) is 22.6. The summed E-state index contributed by atoms with van der Waals surface area (Å²) in [5.41, 5.74) is 0. The maximum Gasteiger partial charge on any atom is 0.220 e. The Hall–Kier alpha value is -0.870. The van der Waals surface area contributed by atoms with Gasteiger partial charge in [-0.2, -0.15) is 0 Å². The minimum Gasteiger partial charge on any atom is -0.396 e. The van der Waals surface area contributed by atoms with E-state index < -0.39 is 0 Å². The summed E-state index contributed by atoms with van der Waals surface area (Å²) in [7, 11) is 0. The molecule has 1 aromatic rings. The third-order valence-electron chi connectivity index (χ3n) is 4.27. The van der Waals surface area contributed by atoms with Gasteiger partial charge in [-0.3, -0.25) is 4.79 Å². The van der Waals surface area contributed by atoms with Crippen molar-refractivity contribution in [2.75, 3.05) is 13.2 Å². The van der Waals surface area contributed by atoms with E-state index in [-0.39, 0.29) is 12.5 Å². The molecule has 1 amide bonds. The van der Waals surface area contributed by atoms with Crippen LogP contribution in [0, 0.1) is 11.8 Å². The lowest BCUT2D eigenvalue weighted by Crippen LogP contribution is -2.35. The molecular weight excluding hydrogens is 270 g/mol. The quantitative estimate of drug-likeness (QED) is 0.812. The fraction of sp³-hybridized carbons (Fsp3) is 0.688. The van der Waals surface area contributed by atoms with Gasteiger partial charge in [0.25, 0.3) is 0 Å². The Bertz CT molecular complexity index is 391. The van der Waals surface area contributed by atoms with Crippen molar-refractivity contribution in [1.29, 1.82) is 0 Å². The van der Waals surface area contributed by atoms with Crippen molar-refractivity contribution >= 4 is 17.2 Å². The number of carbonyl (C=O) groups is 1. The predicted molar refractivity (Wildman–Crippen MR) is 82.8 cm³/mol. The van der Waals surface area contributed by atoms with Gasteiger partial charge in [0.1, 0.15) is 0 Å². The molecule has 0 spiro atoms. The molecule has 20 heavy (non-hydrogen) atoms. The molecule has 0 radical (unpaired) electrons. The molecule has 0 aromatic carbocycles. The van der Waals surface area contributed by atoms with Crippen LogP contribution in [0.4, 0.5) is 0 Å². The minimum atomic E-state index is 0.156. The second-order valence-electron chi connectivity index (χ2n) is 5.72. The van der Waals surface area contributed by atoms with Crippen LogP contribution in [0.2, 0.25) is 0 Å². The largest absolute Gasteiger partial charge is 0.396 e. The summed E-state index contributed by atoms with van der Waals surface area (Å²) in [5.74, 6) is 1.01. The molecule has 1 heterocycles. The van der Waals surface area contributed by atoms with E-state index >= 15 is 0 Å². The molecule has 2 rings (SSSR count). The van der Waals surface area contributed by atoms with Crippen LogP contribution in [0.5, 0.6) is 0 Å². The monoisotopic (exact) mass is 295 g/mol. The van der Waals surface area contributed by atoms with E-state index in [1.807, 2.05) is 0 Å². The van der Waals surface area contributed by atoms with E-state index in [1.165, 1.54) is 17.7 Å². The first-order chi connectivity index (χ1) is 9.79. The Balaban J connectivity index is 1.61. The van der Waals surface area contributed by atoms with Crippen molar-refractivity contribution in [2.45, 2.75) is 44.9 Å². The highest BCUT2D eigenvalue weighted by molar-refractivity contribution is 7.09. The molecule has 0 aliphatic heterocycles. The summed E-state index contributed by atoms with van der Waals surface area (Å²) >= 11 is 1.75. The van der Waals surface area contributed by atoms with Crippen molar-refractivity contribution in [1.82, 2.24) is 5.32 Å². The third-order valence-corrected chi connectivity index (χ3v) is 5.21. The molecule has 112 valence electrons. The summed E-state index contributed by atoms with van der Waals surface area (Å²) in [6, 6.07) is 4.18. The predicted octanol–water partition coefficient (Wildman–Crippen LogP) is 2.99. The van der Waals surface area contributed by atoms with Gasteiger partial charge in [-0.1, -0.05) is 18.9 Å². The van der Waals surface area contributed by atoms with Crippen LogP contribution >= 0.6 is 11.3 Å². The van der Waals surface area contributed by atoms with Gasteiger partial charge in [0.05, 0.1) is 0 Å². The maximum absolute atomic E-state index is 11.8. The molecule has 1 fully saturated rings. The molecule has 0 bridgehead atoms. The lowest BCUT2D eigenvalue weighted by molar-refractivity contribution is -0.121. The van der Waals surface area contributed by atoms with Gasteiger partial charge in [-0.25, -0.2) is 0 Å². The van der Waals surface area contributed by atoms with Crippen molar-refractivity contribution in [3.63, 3.8) is 0 Å². The second-order valence-corrected chi connectivity index (χ2v) is 6.76. The van der Waals surface area contributed by atoms with Gasteiger partial charge >= 0.3 is 0 Å². The number of aliphatic hydroxyl groups is 1. The van der Waals surface area contributed by atoms with E-state index in [2.05, 4.69) is 22.8 Å². The van der Waals surface area contributed by atoms with E-state index in [1.54, 1.807) is 11.3 Å². The number of thiophene rings is 1. The van der Waals surface area contributed by atoms with Crippen LogP contribution < -0.4 is 5.32 Å². The van der Waals surface area contributed by atoms with Crippen molar-refractivity contribution in [2.24, 2.45) is 11.8 Å². The first-order valence-electron chi connectivity index (χ1n) is 7.69. The lowest BCUT2D eigenvalue weighted by atomic mass is 9.79. The molecule has 2 N–H and O–H groups in total. The molecular formula is C16H25NO2S. The lowest BCUT2D eigenvalue weighted by Gasteiger charge is -2.30. The number of aliphatic hydroxyl groups excluding tert-OH is 1. The summed E-state index contributed by atoms with van der Waals surface area (Å²) < 4.78 is 0. The zero-order chi connectivity index (χ0) is 14.2. The fourth-order valence-corrected chi connectivity index (χ4v) is 3.76. The van der Waals surface area contributed by atoms with Gasteiger partial charge < -0.3 is 10.4 Å². The highest BCUT2D eigenvalue weighted by Crippen LogP contribution is 2.29. The molecule has 4 heteroatoms. The summed E-state index contributed by atoms with van der Waals surface area (Å²) in [6.45, 7) is 1.00. The van der Waals surface area contributed by atoms with Gasteiger partial charge in [0, 0.05) is 24.4 Å². The molecule has 1 saturated carbocycles. The van der Waals surface area contributed by atoms with Crippen molar-refractivity contribution in [3.8, 4) is 0 Å². The topological polar surface area (TPSA) is 49.3 Å². The molecule has 1 aromatic heterocycles. The van der Waals surface area contributed by atoms with Crippen LogP contribution in [-0.4, -0.2) is 24.2 Å². The van der Waals surface area contributed by atoms with E-state index in [0.717, 1.165) is 32.2 Å². The fourth-order valence-electron chi connectivity index (χ4n) is 3.00. The summed E-state index contributed by atoms with van der Waals surface area (Å²) in [6.07, 6.45) is 7.21. The number of rotatable bonds is 7. The first kappa shape index (κ1) is 15.5. The number of hydrogen-bond acceptors (Lipinski definition) is 3. The standard InChI is InChI=1S/C16H25NO2S/c18-12-14-6-2-1-5-13(14)11-17-16(19)9-3-7-15-8-4-10-20-15/h4,8,10,13-14,18H,1-3,5-7,9,11-12H2,(H,17,19). The third kappa shape index (κ3) is 4.91. The van der Waals surface area contributed by atoms with Crippen LogP contribution in [0.15, 0.2) is 17.5 Å². The van der Waals surface area contributed by atoms with Crippen LogP contribution in [-0.2, 0) is 11.2 Å². The smallest absolute Gasteiger partial charge is 0.220 e. The first-order valence-corrected chi connectivity index (χ1v) is 8.57. The average Bonchev–Trinajstić information content (AvgIpc) is 2.98. The number of carbonyl (C=O) groups excluding carboxylic acids is 1. The minimum absolute atomic E-state index is 0.156. The summed E-state index contributed by atoms with van der Waals surface area (Å²) in [5, 5.41) is 14.5. The second kappa shape index (κ2) is 8.42. The average molecular weight is 295 g/mol. The molecule has 0 saturated heterocycles. The van der Waals surface area contributed by atoms with E-state index in [4.69, 9.17) is 0 Å². The van der Waals surface area contributed by atoms with Gasteiger partial charge in [-0.05, 0) is 49.0 Å². The molecule has 2 unspecified atom stereocenters. The molecule has 2 atom stereocenters. The highest BCUT2D eigenvalue weighted by atomic mass is 32.1. The Labute approximate surface area is 125 Å². The number of hydrogen-bond donors (Lipinski definition) is 2. The zero-order valence-corrected chi connectivity index (χ0v) is 12.8. The maximum atomic E-state index is 11.8. The van der Waals surface area contributed by atoms with Crippen LogP contribution in [0.3, 0.4) is 0 Å². The van der Waals surface area contributed by atoms with Gasteiger partial charge in [0.2, 0.25) is 5.91 Å². The van der Waals surface area contributed by atoms with E-state index in [9.17, 15) is 9.90 Å². The Kier molecular flexibility index (Phi) is 6.54. The SMILES string of the molecule is O=C(CCCc1cccs1)NCC1CCCCC1CO. The molecule has 1 aliphatic rings. The van der Waals surface area contributed by atoms with E-state index in [0.29, 0.717) is 18.3 Å². The number of aryl methyl sites for hydroxylation is 1. The van der Waals surface area contributed by atoms with Gasteiger partial charge in [0.15, 0.2) is 0 Å². The van der Waals surface area contributed by atoms with Crippen molar-refractivity contribution in [3.05, 3.63) is 22.4 Å². The van der Waals surface area contributed by atoms with Crippen molar-refractivity contribution < 1.29 is 9.90 Å². The highest BCUT2D eigenvalue weighted by Gasteiger charge is 2.24. The number of nitrogens with one attached hydrogen (secondary N) is 1.